The molecule has 0 N–H and O–H groups in total. The standard InChI is InChI=1S/C16H21F3/c1-4-6-7-13(5-2)11-14-8-9-15(10-12(14)3)16(17,18)19/h4,6,8-10,13H,5,7,11H2,1-3H3. The highest BCUT2D eigenvalue weighted by Gasteiger charge is 2.30. The van der Waals surface area contributed by atoms with E-state index in [1.54, 1.807) is 13.0 Å². The molecule has 0 aromatic heterocycles. The molecule has 0 amide bonds. The summed E-state index contributed by atoms with van der Waals surface area (Å²) in [5, 5.41) is 0. The van der Waals surface area contributed by atoms with E-state index in [1.165, 1.54) is 12.1 Å². The predicted octanol–water partition coefficient (Wildman–Crippen LogP) is 5.55. The number of allylic oxidation sites excluding steroid dienone is 2. The largest absolute Gasteiger partial charge is 0.416 e. The third-order valence-corrected chi connectivity index (χ3v) is 3.46. The Bertz CT molecular complexity index is 430. The third kappa shape index (κ3) is 4.73. The maximum absolute atomic E-state index is 12.6. The van der Waals surface area contributed by atoms with Gasteiger partial charge in [0.05, 0.1) is 5.56 Å². The SMILES string of the molecule is CC=CCC(CC)Cc1ccc(C(F)(F)F)cc1C. The van der Waals surface area contributed by atoms with E-state index < -0.39 is 11.7 Å². The molecule has 1 atom stereocenters. The number of hydrogen-bond donors (Lipinski definition) is 0. The van der Waals surface area contributed by atoms with Gasteiger partial charge in [0, 0.05) is 0 Å². The van der Waals surface area contributed by atoms with Crippen LogP contribution in [-0.2, 0) is 12.6 Å². The molecule has 0 fully saturated rings. The summed E-state index contributed by atoms with van der Waals surface area (Å²) in [5.41, 5.74) is 1.19. The lowest BCUT2D eigenvalue weighted by atomic mass is 9.91. The first-order valence-corrected chi connectivity index (χ1v) is 6.66. The molecule has 3 heteroatoms. The Kier molecular flexibility index (Phi) is 5.64. The first-order valence-electron chi connectivity index (χ1n) is 6.66. The summed E-state index contributed by atoms with van der Waals surface area (Å²) in [6.07, 6.45) is 2.73. The zero-order chi connectivity index (χ0) is 14.5. The minimum absolute atomic E-state index is 0.492. The van der Waals surface area contributed by atoms with Crippen LogP contribution in [0.15, 0.2) is 30.4 Å². The lowest BCUT2D eigenvalue weighted by molar-refractivity contribution is -0.137. The molecule has 0 aliphatic carbocycles. The number of hydrogen-bond acceptors (Lipinski definition) is 0. The Morgan fingerprint density at radius 2 is 1.95 bits per heavy atom. The minimum Gasteiger partial charge on any atom is -0.166 e. The molecular weight excluding hydrogens is 249 g/mol. The topological polar surface area (TPSA) is 0 Å². The number of rotatable bonds is 5. The van der Waals surface area contributed by atoms with Crippen LogP contribution >= 0.6 is 0 Å². The lowest BCUT2D eigenvalue weighted by Gasteiger charge is -2.16. The summed E-state index contributed by atoms with van der Waals surface area (Å²) >= 11 is 0. The van der Waals surface area contributed by atoms with Crippen LogP contribution in [0.3, 0.4) is 0 Å². The minimum atomic E-state index is -4.25. The second-order valence-electron chi connectivity index (χ2n) is 4.92. The van der Waals surface area contributed by atoms with Gasteiger partial charge in [0.25, 0.3) is 0 Å². The Morgan fingerprint density at radius 3 is 2.42 bits per heavy atom. The molecule has 0 saturated carbocycles. The van der Waals surface area contributed by atoms with E-state index in [0.717, 1.165) is 30.4 Å². The normalized spacial score (nSPS) is 14.0. The fourth-order valence-electron chi connectivity index (χ4n) is 2.14. The van der Waals surface area contributed by atoms with Gasteiger partial charge in [-0.25, -0.2) is 0 Å². The molecule has 1 rings (SSSR count). The van der Waals surface area contributed by atoms with Gasteiger partial charge < -0.3 is 0 Å². The van der Waals surface area contributed by atoms with Gasteiger partial charge in [0.15, 0.2) is 0 Å². The lowest BCUT2D eigenvalue weighted by Crippen LogP contribution is -2.08. The molecule has 106 valence electrons. The first-order chi connectivity index (χ1) is 8.88. The second kappa shape index (κ2) is 6.78. The van der Waals surface area contributed by atoms with Crippen molar-refractivity contribution in [1.29, 1.82) is 0 Å². The highest BCUT2D eigenvalue weighted by Crippen LogP contribution is 2.31. The number of aryl methyl sites for hydroxylation is 1. The van der Waals surface area contributed by atoms with E-state index in [2.05, 4.69) is 13.0 Å². The highest BCUT2D eigenvalue weighted by atomic mass is 19.4. The fourth-order valence-corrected chi connectivity index (χ4v) is 2.14. The average Bonchev–Trinajstić information content (AvgIpc) is 2.35. The van der Waals surface area contributed by atoms with Crippen LogP contribution in [-0.4, -0.2) is 0 Å². The van der Waals surface area contributed by atoms with Crippen molar-refractivity contribution in [2.24, 2.45) is 5.92 Å². The third-order valence-electron chi connectivity index (χ3n) is 3.46. The van der Waals surface area contributed by atoms with Crippen molar-refractivity contribution in [2.75, 3.05) is 0 Å². The van der Waals surface area contributed by atoms with E-state index in [4.69, 9.17) is 0 Å². The summed E-state index contributed by atoms with van der Waals surface area (Å²) < 4.78 is 37.8. The van der Waals surface area contributed by atoms with Gasteiger partial charge in [0.1, 0.15) is 0 Å². The number of benzene rings is 1. The van der Waals surface area contributed by atoms with Crippen LogP contribution in [0.4, 0.5) is 13.2 Å². The number of alkyl halides is 3. The monoisotopic (exact) mass is 270 g/mol. The van der Waals surface area contributed by atoms with Crippen molar-refractivity contribution in [3.05, 3.63) is 47.0 Å². The Balaban J connectivity index is 2.84. The second-order valence-corrected chi connectivity index (χ2v) is 4.92. The van der Waals surface area contributed by atoms with Crippen molar-refractivity contribution in [3.8, 4) is 0 Å². The molecule has 1 aromatic rings. The molecule has 0 nitrogen and oxygen atoms in total. The maximum Gasteiger partial charge on any atom is 0.416 e. The van der Waals surface area contributed by atoms with Gasteiger partial charge in [-0.05, 0) is 55.9 Å². The van der Waals surface area contributed by atoms with E-state index in [0.29, 0.717) is 5.92 Å². The van der Waals surface area contributed by atoms with Crippen LogP contribution < -0.4 is 0 Å². The van der Waals surface area contributed by atoms with Gasteiger partial charge in [0.2, 0.25) is 0 Å². The molecular formula is C16H21F3. The van der Waals surface area contributed by atoms with E-state index >= 15 is 0 Å². The van der Waals surface area contributed by atoms with Gasteiger partial charge in [-0.15, -0.1) is 0 Å². The van der Waals surface area contributed by atoms with Crippen LogP contribution in [0.2, 0.25) is 0 Å². The smallest absolute Gasteiger partial charge is 0.166 e. The van der Waals surface area contributed by atoms with Gasteiger partial charge >= 0.3 is 6.18 Å². The Hall–Kier alpha value is -1.25. The highest BCUT2D eigenvalue weighted by molar-refractivity contribution is 5.32. The van der Waals surface area contributed by atoms with Gasteiger partial charge in [-0.1, -0.05) is 31.6 Å². The van der Waals surface area contributed by atoms with E-state index in [9.17, 15) is 13.2 Å². The van der Waals surface area contributed by atoms with Crippen molar-refractivity contribution in [2.45, 2.75) is 46.2 Å². The summed E-state index contributed by atoms with van der Waals surface area (Å²) in [6.45, 7) is 5.86. The zero-order valence-corrected chi connectivity index (χ0v) is 11.7. The van der Waals surface area contributed by atoms with Crippen molar-refractivity contribution in [3.63, 3.8) is 0 Å². The Labute approximate surface area is 113 Å². The molecule has 0 aliphatic heterocycles. The predicted molar refractivity (Wildman–Crippen MR) is 73.1 cm³/mol. The molecule has 1 aromatic carbocycles. The van der Waals surface area contributed by atoms with E-state index in [-0.39, 0.29) is 0 Å². The van der Waals surface area contributed by atoms with E-state index in [1.807, 2.05) is 13.0 Å². The van der Waals surface area contributed by atoms with Crippen LogP contribution in [0.5, 0.6) is 0 Å². The summed E-state index contributed by atoms with van der Waals surface area (Å²) in [6, 6.07) is 4.05. The quantitative estimate of drug-likeness (QED) is 0.615. The zero-order valence-electron chi connectivity index (χ0n) is 11.7. The summed E-state index contributed by atoms with van der Waals surface area (Å²) in [4.78, 5) is 0. The molecule has 0 spiro atoms. The average molecular weight is 270 g/mol. The molecule has 0 saturated heterocycles. The van der Waals surface area contributed by atoms with Gasteiger partial charge in [-0.2, -0.15) is 13.2 Å². The van der Waals surface area contributed by atoms with Crippen molar-refractivity contribution >= 4 is 0 Å². The summed E-state index contributed by atoms with van der Waals surface area (Å²) in [5.74, 6) is 0.492. The Morgan fingerprint density at radius 1 is 1.26 bits per heavy atom. The molecule has 0 radical (unpaired) electrons. The van der Waals surface area contributed by atoms with Crippen LogP contribution in [0.25, 0.3) is 0 Å². The first kappa shape index (κ1) is 15.8. The van der Waals surface area contributed by atoms with Crippen molar-refractivity contribution < 1.29 is 13.2 Å². The molecule has 0 aliphatic rings. The molecule has 19 heavy (non-hydrogen) atoms. The fraction of sp³-hybridized carbons (Fsp3) is 0.500. The molecule has 0 heterocycles. The van der Waals surface area contributed by atoms with Crippen LogP contribution in [0.1, 0.15) is 43.4 Å². The molecule has 1 unspecified atom stereocenters. The maximum atomic E-state index is 12.6. The van der Waals surface area contributed by atoms with Gasteiger partial charge in [-0.3, -0.25) is 0 Å². The van der Waals surface area contributed by atoms with Crippen molar-refractivity contribution in [1.82, 2.24) is 0 Å². The number of halogens is 3. The summed E-state index contributed by atoms with van der Waals surface area (Å²) in [7, 11) is 0. The van der Waals surface area contributed by atoms with Crippen LogP contribution in [0, 0.1) is 12.8 Å². The molecule has 0 bridgehead atoms.